The number of halogens is 2. The zero-order valence-electron chi connectivity index (χ0n) is 12.6. The Hall–Kier alpha value is -1.73. The highest BCUT2D eigenvalue weighted by Crippen LogP contribution is 2.18. The van der Waals surface area contributed by atoms with Gasteiger partial charge in [-0.1, -0.05) is 0 Å². The fourth-order valence-corrected chi connectivity index (χ4v) is 2.54. The van der Waals surface area contributed by atoms with E-state index in [1.807, 2.05) is 18.7 Å². The molecule has 1 aliphatic heterocycles. The number of anilines is 1. The number of alkyl halides is 2. The largest absolute Gasteiger partial charge is 0.435 e. The maximum Gasteiger partial charge on any atom is 0.387 e. The molecule has 1 heterocycles. The van der Waals surface area contributed by atoms with E-state index in [-0.39, 0.29) is 30.4 Å². The molecule has 0 saturated carbocycles. The monoisotopic (exact) mass is 314 g/mol. The highest BCUT2D eigenvalue weighted by Gasteiger charge is 2.23. The highest BCUT2D eigenvalue weighted by molar-refractivity contribution is 5.92. The van der Waals surface area contributed by atoms with Crippen LogP contribution in [0.25, 0.3) is 0 Å². The molecule has 0 spiro atoms. The van der Waals surface area contributed by atoms with Crippen LogP contribution in [0.5, 0.6) is 5.75 Å². The van der Waals surface area contributed by atoms with Crippen molar-refractivity contribution in [1.29, 1.82) is 0 Å². The molecule has 7 heteroatoms. The summed E-state index contributed by atoms with van der Waals surface area (Å²) in [5, 5.41) is 2.73. The van der Waals surface area contributed by atoms with E-state index in [1.165, 1.54) is 24.3 Å². The van der Waals surface area contributed by atoms with Gasteiger partial charge >= 0.3 is 6.61 Å². The number of hydrogen-bond acceptors (Lipinski definition) is 4. The molecule has 0 bridgehead atoms. The molecule has 22 heavy (non-hydrogen) atoms. The Labute approximate surface area is 128 Å². The van der Waals surface area contributed by atoms with E-state index in [1.54, 1.807) is 0 Å². The number of amides is 1. The van der Waals surface area contributed by atoms with Crippen molar-refractivity contribution in [2.24, 2.45) is 0 Å². The number of carbonyl (C=O) groups is 1. The van der Waals surface area contributed by atoms with Crippen molar-refractivity contribution >= 4 is 11.6 Å². The van der Waals surface area contributed by atoms with Crippen molar-refractivity contribution in [3.63, 3.8) is 0 Å². The maximum absolute atomic E-state index is 12.0. The lowest BCUT2D eigenvalue weighted by atomic mass is 10.2. The van der Waals surface area contributed by atoms with Crippen molar-refractivity contribution in [2.45, 2.75) is 32.7 Å². The van der Waals surface area contributed by atoms with E-state index in [0.29, 0.717) is 18.8 Å². The van der Waals surface area contributed by atoms with Crippen LogP contribution in [0, 0.1) is 0 Å². The number of rotatable bonds is 5. The molecule has 1 N–H and O–H groups in total. The number of benzene rings is 1. The van der Waals surface area contributed by atoms with Crippen LogP contribution in [0.15, 0.2) is 24.3 Å². The van der Waals surface area contributed by atoms with Crippen molar-refractivity contribution < 1.29 is 23.0 Å². The van der Waals surface area contributed by atoms with Gasteiger partial charge in [0.15, 0.2) is 0 Å². The number of hydrogen-bond donors (Lipinski definition) is 1. The van der Waals surface area contributed by atoms with E-state index in [9.17, 15) is 13.6 Å². The Kier molecular flexibility index (Phi) is 5.68. The van der Waals surface area contributed by atoms with Crippen LogP contribution in [-0.4, -0.2) is 49.3 Å². The van der Waals surface area contributed by atoms with Gasteiger partial charge in [-0.05, 0) is 38.1 Å². The fourth-order valence-electron chi connectivity index (χ4n) is 2.54. The van der Waals surface area contributed by atoms with Gasteiger partial charge < -0.3 is 14.8 Å². The van der Waals surface area contributed by atoms with Crippen molar-refractivity contribution in [3.8, 4) is 5.75 Å². The van der Waals surface area contributed by atoms with E-state index in [0.717, 1.165) is 0 Å². The molecule has 0 aromatic heterocycles. The molecule has 1 saturated heterocycles. The van der Waals surface area contributed by atoms with Gasteiger partial charge in [-0.3, -0.25) is 9.69 Å². The average Bonchev–Trinajstić information content (AvgIpc) is 2.39. The van der Waals surface area contributed by atoms with Crippen molar-refractivity contribution in [2.75, 3.05) is 25.0 Å². The molecule has 0 unspecified atom stereocenters. The molecule has 2 atom stereocenters. The third-order valence-corrected chi connectivity index (χ3v) is 3.23. The minimum Gasteiger partial charge on any atom is -0.435 e. The molecular weight excluding hydrogens is 294 g/mol. The number of carbonyl (C=O) groups excluding carboxylic acids is 1. The summed E-state index contributed by atoms with van der Waals surface area (Å²) in [4.78, 5) is 14.0. The predicted octanol–water partition coefficient (Wildman–Crippen LogP) is 2.34. The molecule has 1 fully saturated rings. The summed E-state index contributed by atoms with van der Waals surface area (Å²) in [6, 6.07) is 5.83. The summed E-state index contributed by atoms with van der Waals surface area (Å²) in [5.41, 5.74) is 0.543. The predicted molar refractivity (Wildman–Crippen MR) is 78.2 cm³/mol. The van der Waals surface area contributed by atoms with Gasteiger partial charge in [0.2, 0.25) is 5.91 Å². The Morgan fingerprint density at radius 1 is 1.32 bits per heavy atom. The molecule has 1 aromatic rings. The molecule has 0 radical (unpaired) electrons. The fraction of sp³-hybridized carbons (Fsp3) is 0.533. The Balaban J connectivity index is 1.84. The van der Waals surface area contributed by atoms with Gasteiger partial charge in [-0.15, -0.1) is 0 Å². The first-order valence-corrected chi connectivity index (χ1v) is 7.15. The van der Waals surface area contributed by atoms with Gasteiger partial charge in [-0.25, -0.2) is 0 Å². The quantitative estimate of drug-likeness (QED) is 0.906. The Morgan fingerprint density at radius 2 is 1.91 bits per heavy atom. The van der Waals surface area contributed by atoms with Crippen LogP contribution in [0.4, 0.5) is 14.5 Å². The van der Waals surface area contributed by atoms with Gasteiger partial charge in [0.05, 0.1) is 18.8 Å². The van der Waals surface area contributed by atoms with Gasteiger partial charge in [-0.2, -0.15) is 8.78 Å². The number of morpholine rings is 1. The van der Waals surface area contributed by atoms with E-state index >= 15 is 0 Å². The summed E-state index contributed by atoms with van der Waals surface area (Å²) in [6.45, 7) is 2.78. The lowest BCUT2D eigenvalue weighted by molar-refractivity contribution is -0.121. The lowest BCUT2D eigenvalue weighted by Crippen LogP contribution is -2.48. The summed E-state index contributed by atoms with van der Waals surface area (Å²) in [6.07, 6.45) is 0.199. The van der Waals surface area contributed by atoms with E-state index in [2.05, 4.69) is 10.1 Å². The first-order chi connectivity index (χ1) is 10.4. The molecule has 1 aliphatic rings. The summed E-state index contributed by atoms with van der Waals surface area (Å²) < 4.78 is 34.0. The van der Waals surface area contributed by atoms with Gasteiger partial charge in [0.25, 0.3) is 0 Å². The summed E-state index contributed by atoms with van der Waals surface area (Å²) in [7, 11) is 0. The first kappa shape index (κ1) is 16.6. The topological polar surface area (TPSA) is 50.8 Å². The smallest absolute Gasteiger partial charge is 0.387 e. The third kappa shape index (κ3) is 5.23. The van der Waals surface area contributed by atoms with Crippen LogP contribution in [0.1, 0.15) is 13.8 Å². The average molecular weight is 314 g/mol. The second-order valence-electron chi connectivity index (χ2n) is 5.40. The summed E-state index contributed by atoms with van der Waals surface area (Å²) in [5.74, 6) is -0.0901. The molecule has 2 rings (SSSR count). The minimum absolute atomic E-state index is 0.0591. The second kappa shape index (κ2) is 7.51. The highest BCUT2D eigenvalue weighted by atomic mass is 19.3. The molecule has 122 valence electrons. The van der Waals surface area contributed by atoms with Crippen molar-refractivity contribution in [1.82, 2.24) is 4.90 Å². The minimum atomic E-state index is -2.86. The number of nitrogens with one attached hydrogen (secondary N) is 1. The van der Waals surface area contributed by atoms with Crippen LogP contribution >= 0.6 is 0 Å². The van der Waals surface area contributed by atoms with Gasteiger partial charge in [0.1, 0.15) is 5.75 Å². The normalized spacial score (nSPS) is 22.6. The summed E-state index contributed by atoms with van der Waals surface area (Å²) >= 11 is 0. The van der Waals surface area contributed by atoms with Crippen LogP contribution in [-0.2, 0) is 9.53 Å². The number of ether oxygens (including phenoxy) is 2. The Morgan fingerprint density at radius 3 is 2.45 bits per heavy atom. The first-order valence-electron chi connectivity index (χ1n) is 7.15. The van der Waals surface area contributed by atoms with Crippen molar-refractivity contribution in [3.05, 3.63) is 24.3 Å². The molecule has 0 aliphatic carbocycles. The molecule has 1 amide bonds. The third-order valence-electron chi connectivity index (χ3n) is 3.23. The lowest BCUT2D eigenvalue weighted by Gasteiger charge is -2.34. The molecular formula is C15H20F2N2O3. The maximum atomic E-state index is 12.0. The van der Waals surface area contributed by atoms with E-state index in [4.69, 9.17) is 4.74 Å². The molecule has 5 nitrogen and oxygen atoms in total. The standard InChI is InChI=1S/C15H20F2N2O3/c1-10-7-19(8-11(2)21-10)9-14(20)18-12-3-5-13(6-4-12)22-15(16)17/h3-6,10-11,15H,7-9H2,1-2H3,(H,18,20)/t10-,11-/m0/s1. The van der Waals surface area contributed by atoms with Gasteiger partial charge in [0, 0.05) is 18.8 Å². The molecule has 1 aromatic carbocycles. The van der Waals surface area contributed by atoms with Crippen LogP contribution in [0.3, 0.4) is 0 Å². The SMILES string of the molecule is C[C@H]1CN(CC(=O)Nc2ccc(OC(F)F)cc2)C[C@H](C)O1. The zero-order valence-corrected chi connectivity index (χ0v) is 12.6. The number of nitrogens with zero attached hydrogens (tertiary/aromatic N) is 1. The zero-order chi connectivity index (χ0) is 16.1. The Bertz CT molecular complexity index is 486. The van der Waals surface area contributed by atoms with E-state index < -0.39 is 6.61 Å². The van der Waals surface area contributed by atoms with Crippen LogP contribution in [0.2, 0.25) is 0 Å². The second-order valence-corrected chi connectivity index (χ2v) is 5.40. The van der Waals surface area contributed by atoms with Crippen LogP contribution < -0.4 is 10.1 Å².